The fourth-order valence-corrected chi connectivity index (χ4v) is 2.95. The Kier molecular flexibility index (Phi) is 9.73. The highest BCUT2D eigenvalue weighted by Gasteiger charge is 2.08. The molecule has 1 aromatic heterocycles. The number of nitrogens with zero attached hydrogens (tertiary/aromatic N) is 1. The number of ether oxygens (including phenoxy) is 1. The van der Waals surface area contributed by atoms with Crippen molar-refractivity contribution in [2.45, 2.75) is 26.0 Å². The molecule has 8 heteroatoms. The van der Waals surface area contributed by atoms with Crippen molar-refractivity contribution < 1.29 is 13.5 Å². The van der Waals surface area contributed by atoms with Gasteiger partial charge in [0.1, 0.15) is 5.75 Å². The number of thiophene rings is 1. The number of halogens is 3. The summed E-state index contributed by atoms with van der Waals surface area (Å²) in [4.78, 5) is 5.49. The van der Waals surface area contributed by atoms with Gasteiger partial charge in [-0.1, -0.05) is 25.1 Å². The first-order valence-electron chi connectivity index (χ1n) is 7.60. The Balaban J connectivity index is 0.00000312. The summed E-state index contributed by atoms with van der Waals surface area (Å²) in [6, 6.07) is 10.8. The minimum Gasteiger partial charge on any atom is -0.435 e. The first kappa shape index (κ1) is 21.6. The summed E-state index contributed by atoms with van der Waals surface area (Å²) in [6.45, 7) is 0.556. The predicted octanol–water partition coefficient (Wildman–Crippen LogP) is 4.44. The lowest BCUT2D eigenvalue weighted by Gasteiger charge is -2.15. The summed E-state index contributed by atoms with van der Waals surface area (Å²) >= 11 is 1.73. The summed E-state index contributed by atoms with van der Waals surface area (Å²) < 4.78 is 28.9. The van der Waals surface area contributed by atoms with E-state index in [0.29, 0.717) is 18.4 Å². The number of guanidine groups is 1. The van der Waals surface area contributed by atoms with Crippen LogP contribution >= 0.6 is 35.3 Å². The largest absolute Gasteiger partial charge is 0.435 e. The van der Waals surface area contributed by atoms with E-state index in [9.17, 15) is 8.78 Å². The Morgan fingerprint density at radius 2 is 2.04 bits per heavy atom. The molecule has 0 fully saturated rings. The van der Waals surface area contributed by atoms with E-state index >= 15 is 0 Å². The molecule has 2 N–H and O–H groups in total. The Morgan fingerprint density at radius 1 is 1.24 bits per heavy atom. The SMILES string of the molecule is CN=C(NCc1cccc(OC(F)F)c1)NCC(C)c1cccs1.I. The van der Waals surface area contributed by atoms with Gasteiger partial charge in [0.05, 0.1) is 0 Å². The standard InChI is InChI=1S/C17H21F2N3OS.HI/c1-12(15-7-4-8-24-15)10-21-17(20-2)22-11-13-5-3-6-14(9-13)23-16(18)19;/h3-9,12,16H,10-11H2,1-2H3,(H2,20,21,22);1H. The van der Waals surface area contributed by atoms with Gasteiger partial charge >= 0.3 is 6.61 Å². The highest BCUT2D eigenvalue weighted by molar-refractivity contribution is 14.0. The van der Waals surface area contributed by atoms with Gasteiger partial charge in [-0.05, 0) is 29.1 Å². The van der Waals surface area contributed by atoms with Crippen LogP contribution in [0.2, 0.25) is 0 Å². The summed E-state index contributed by atoms with van der Waals surface area (Å²) in [7, 11) is 1.70. The molecule has 25 heavy (non-hydrogen) atoms. The Hall–Kier alpha value is -1.42. The number of rotatable bonds is 7. The fraction of sp³-hybridized carbons (Fsp3) is 0.353. The molecule has 1 heterocycles. The Morgan fingerprint density at radius 3 is 2.68 bits per heavy atom. The van der Waals surface area contributed by atoms with Gasteiger partial charge in [0.15, 0.2) is 5.96 Å². The van der Waals surface area contributed by atoms with Crippen LogP contribution in [0.15, 0.2) is 46.8 Å². The smallest absolute Gasteiger partial charge is 0.387 e. The van der Waals surface area contributed by atoms with Crippen LogP contribution in [-0.2, 0) is 6.54 Å². The maximum Gasteiger partial charge on any atom is 0.387 e. The number of benzene rings is 1. The molecule has 0 saturated heterocycles. The van der Waals surface area contributed by atoms with Crippen LogP contribution in [0, 0.1) is 0 Å². The van der Waals surface area contributed by atoms with E-state index in [-0.39, 0.29) is 29.7 Å². The quantitative estimate of drug-likeness (QED) is 0.350. The van der Waals surface area contributed by atoms with Crippen LogP contribution in [0.5, 0.6) is 5.75 Å². The lowest BCUT2D eigenvalue weighted by Crippen LogP contribution is -2.38. The molecule has 0 amide bonds. The molecule has 0 radical (unpaired) electrons. The molecule has 0 aliphatic carbocycles. The van der Waals surface area contributed by atoms with Gasteiger partial charge in [-0.2, -0.15) is 8.78 Å². The normalized spacial score (nSPS) is 12.4. The number of aliphatic imine (C=N–C) groups is 1. The third kappa shape index (κ3) is 7.55. The maximum atomic E-state index is 12.2. The molecule has 1 aromatic carbocycles. The van der Waals surface area contributed by atoms with E-state index in [4.69, 9.17) is 0 Å². The van der Waals surface area contributed by atoms with Crippen LogP contribution in [0.1, 0.15) is 23.3 Å². The van der Waals surface area contributed by atoms with Crippen LogP contribution in [0.25, 0.3) is 0 Å². The topological polar surface area (TPSA) is 45.7 Å². The van der Waals surface area contributed by atoms with Crippen LogP contribution < -0.4 is 15.4 Å². The van der Waals surface area contributed by atoms with Gasteiger partial charge < -0.3 is 15.4 Å². The zero-order valence-corrected chi connectivity index (χ0v) is 17.2. The summed E-state index contributed by atoms with van der Waals surface area (Å²) in [5, 5.41) is 8.50. The van der Waals surface area contributed by atoms with Crippen molar-refractivity contribution in [1.29, 1.82) is 0 Å². The van der Waals surface area contributed by atoms with Crippen molar-refractivity contribution in [2.75, 3.05) is 13.6 Å². The molecule has 138 valence electrons. The van der Waals surface area contributed by atoms with Gasteiger partial charge in [0.25, 0.3) is 0 Å². The minimum atomic E-state index is -2.82. The zero-order valence-electron chi connectivity index (χ0n) is 14.0. The van der Waals surface area contributed by atoms with E-state index in [1.807, 2.05) is 12.1 Å². The average molecular weight is 481 g/mol. The molecule has 0 spiro atoms. The average Bonchev–Trinajstić information content (AvgIpc) is 3.09. The highest BCUT2D eigenvalue weighted by Crippen LogP contribution is 2.19. The molecule has 0 aliphatic heterocycles. The van der Waals surface area contributed by atoms with Crippen molar-refractivity contribution in [3.63, 3.8) is 0 Å². The van der Waals surface area contributed by atoms with Crippen molar-refractivity contribution in [1.82, 2.24) is 10.6 Å². The number of hydrogen-bond acceptors (Lipinski definition) is 3. The molecule has 0 bridgehead atoms. The monoisotopic (exact) mass is 481 g/mol. The van der Waals surface area contributed by atoms with Crippen LogP contribution in [0.3, 0.4) is 0 Å². The van der Waals surface area contributed by atoms with E-state index in [1.165, 1.54) is 10.9 Å². The molecular formula is C17H22F2IN3OS. The van der Waals surface area contributed by atoms with Crippen molar-refractivity contribution in [3.05, 3.63) is 52.2 Å². The van der Waals surface area contributed by atoms with Gasteiger partial charge in [-0.25, -0.2) is 0 Å². The third-order valence-electron chi connectivity index (χ3n) is 3.41. The second-order valence-electron chi connectivity index (χ2n) is 5.25. The van der Waals surface area contributed by atoms with E-state index in [2.05, 4.69) is 38.7 Å². The van der Waals surface area contributed by atoms with E-state index in [1.54, 1.807) is 30.5 Å². The van der Waals surface area contributed by atoms with Crippen LogP contribution in [-0.4, -0.2) is 26.2 Å². The number of nitrogens with one attached hydrogen (secondary N) is 2. The summed E-state index contributed by atoms with van der Waals surface area (Å²) in [5.41, 5.74) is 0.836. The van der Waals surface area contributed by atoms with E-state index in [0.717, 1.165) is 12.1 Å². The van der Waals surface area contributed by atoms with Crippen molar-refractivity contribution in [2.24, 2.45) is 4.99 Å². The minimum absolute atomic E-state index is 0. The molecular weight excluding hydrogens is 459 g/mol. The summed E-state index contributed by atoms with van der Waals surface area (Å²) in [5.74, 6) is 1.20. The Bertz CT molecular complexity index is 653. The second kappa shape index (κ2) is 11.2. The first-order chi connectivity index (χ1) is 11.6. The Labute approximate surface area is 167 Å². The highest BCUT2D eigenvalue weighted by atomic mass is 127. The van der Waals surface area contributed by atoms with Crippen molar-refractivity contribution >= 4 is 41.3 Å². The van der Waals surface area contributed by atoms with Gasteiger partial charge in [0.2, 0.25) is 0 Å². The predicted molar refractivity (Wildman–Crippen MR) is 109 cm³/mol. The molecule has 1 atom stereocenters. The molecule has 2 aromatic rings. The second-order valence-corrected chi connectivity index (χ2v) is 6.23. The van der Waals surface area contributed by atoms with Gasteiger partial charge in [-0.15, -0.1) is 35.3 Å². The van der Waals surface area contributed by atoms with E-state index < -0.39 is 6.61 Å². The lowest BCUT2D eigenvalue weighted by atomic mass is 10.1. The lowest BCUT2D eigenvalue weighted by molar-refractivity contribution is -0.0498. The molecule has 0 saturated carbocycles. The molecule has 2 rings (SSSR count). The zero-order chi connectivity index (χ0) is 17.4. The summed E-state index contributed by atoms with van der Waals surface area (Å²) in [6.07, 6.45) is 0. The number of alkyl halides is 2. The number of hydrogen-bond donors (Lipinski definition) is 2. The van der Waals surface area contributed by atoms with Gasteiger partial charge in [0, 0.05) is 30.9 Å². The maximum absolute atomic E-state index is 12.2. The van der Waals surface area contributed by atoms with Crippen LogP contribution in [0.4, 0.5) is 8.78 Å². The first-order valence-corrected chi connectivity index (χ1v) is 8.48. The van der Waals surface area contributed by atoms with Gasteiger partial charge in [-0.3, -0.25) is 4.99 Å². The molecule has 1 unspecified atom stereocenters. The fourth-order valence-electron chi connectivity index (χ4n) is 2.16. The molecule has 0 aliphatic rings. The third-order valence-corrected chi connectivity index (χ3v) is 4.52. The van der Waals surface area contributed by atoms with Crippen molar-refractivity contribution in [3.8, 4) is 5.75 Å². The molecule has 4 nitrogen and oxygen atoms in total.